The van der Waals surface area contributed by atoms with E-state index >= 15 is 0 Å². The summed E-state index contributed by atoms with van der Waals surface area (Å²) < 4.78 is 33.9. The number of hydrogen-bond acceptors (Lipinski definition) is 7. The van der Waals surface area contributed by atoms with Crippen LogP contribution in [-0.2, 0) is 10.0 Å². The number of benzene rings is 1. The van der Waals surface area contributed by atoms with Crippen molar-refractivity contribution in [3.63, 3.8) is 0 Å². The molecule has 1 amide bonds. The fourth-order valence-corrected chi connectivity index (χ4v) is 5.59. The Bertz CT molecular complexity index is 1040. The fraction of sp³-hybridized carbons (Fsp3) is 0.350. The van der Waals surface area contributed by atoms with E-state index in [-0.39, 0.29) is 16.5 Å². The van der Waals surface area contributed by atoms with Crippen LogP contribution in [0.25, 0.3) is 0 Å². The van der Waals surface area contributed by atoms with Gasteiger partial charge in [-0.2, -0.15) is 0 Å². The lowest BCUT2D eigenvalue weighted by Crippen LogP contribution is -2.36. The zero-order valence-corrected chi connectivity index (χ0v) is 18.6. The molecule has 30 heavy (non-hydrogen) atoms. The summed E-state index contributed by atoms with van der Waals surface area (Å²) in [5, 5.41) is 0. The van der Waals surface area contributed by atoms with Crippen molar-refractivity contribution in [2.24, 2.45) is 0 Å². The predicted molar refractivity (Wildman–Crippen MR) is 121 cm³/mol. The Labute approximate surface area is 181 Å². The number of carbonyl (C=O) groups excluding carboxylic acids is 1. The van der Waals surface area contributed by atoms with Crippen LogP contribution >= 0.6 is 12.1 Å². The van der Waals surface area contributed by atoms with E-state index in [0.29, 0.717) is 24.4 Å². The summed E-state index contributed by atoms with van der Waals surface area (Å²) in [6.45, 7) is 1.39. The van der Waals surface area contributed by atoms with E-state index < -0.39 is 10.0 Å². The zero-order valence-electron chi connectivity index (χ0n) is 17.0. The molecule has 160 valence electrons. The van der Waals surface area contributed by atoms with Crippen molar-refractivity contribution in [1.82, 2.24) is 13.9 Å². The molecule has 1 aromatic carbocycles. The molecule has 0 spiro atoms. The topological polar surface area (TPSA) is 85.0 Å². The number of nitrogens with one attached hydrogen (secondary N) is 2. The maximum Gasteiger partial charge on any atom is 0.264 e. The van der Waals surface area contributed by atoms with E-state index in [4.69, 9.17) is 0 Å². The van der Waals surface area contributed by atoms with E-state index in [2.05, 4.69) is 9.44 Å². The number of sulfonamides is 1. The molecule has 0 aliphatic carbocycles. The number of rotatable bonds is 5. The average Bonchev–Trinajstić information content (AvgIpc) is 3.22. The van der Waals surface area contributed by atoms with Gasteiger partial charge in [-0.15, -0.1) is 0 Å². The minimum absolute atomic E-state index is 0.144. The zero-order chi connectivity index (χ0) is 21.3. The highest BCUT2D eigenvalue weighted by molar-refractivity contribution is 7.97. The van der Waals surface area contributed by atoms with Crippen LogP contribution in [-0.4, -0.2) is 50.7 Å². The molecular formula is C20H25N5O3S2. The van der Waals surface area contributed by atoms with Crippen LogP contribution in [0, 0.1) is 0 Å². The first-order valence-electron chi connectivity index (χ1n) is 9.81. The molecule has 0 radical (unpaired) electrons. The minimum Gasteiger partial charge on any atom is -0.378 e. The molecule has 3 aliphatic rings. The fourth-order valence-electron chi connectivity index (χ4n) is 3.61. The van der Waals surface area contributed by atoms with Gasteiger partial charge in [0, 0.05) is 45.3 Å². The van der Waals surface area contributed by atoms with Crippen molar-refractivity contribution in [2.75, 3.05) is 36.8 Å². The number of allylic oxidation sites excluding steroid dienone is 2. The molecule has 0 saturated carbocycles. The molecule has 0 aromatic heterocycles. The summed E-state index contributed by atoms with van der Waals surface area (Å²) >= 11 is 1.29. The van der Waals surface area contributed by atoms with Crippen LogP contribution in [0.2, 0.25) is 0 Å². The van der Waals surface area contributed by atoms with Crippen LogP contribution in [0.3, 0.4) is 0 Å². The predicted octanol–water partition coefficient (Wildman–Crippen LogP) is 2.84. The van der Waals surface area contributed by atoms with Crippen molar-refractivity contribution >= 4 is 39.4 Å². The third-order valence-corrected chi connectivity index (χ3v) is 7.38. The van der Waals surface area contributed by atoms with Crippen LogP contribution in [0.4, 0.5) is 11.4 Å². The Kier molecular flexibility index (Phi) is 5.70. The number of nitrogens with zero attached hydrogens (tertiary/aromatic N) is 3. The van der Waals surface area contributed by atoms with E-state index in [1.807, 2.05) is 25.1 Å². The minimum atomic E-state index is -3.91. The van der Waals surface area contributed by atoms with Crippen molar-refractivity contribution < 1.29 is 13.2 Å². The number of anilines is 2. The third kappa shape index (κ3) is 4.01. The summed E-state index contributed by atoms with van der Waals surface area (Å²) in [5.41, 5.74) is 2.00. The highest BCUT2D eigenvalue weighted by atomic mass is 32.2. The van der Waals surface area contributed by atoms with Gasteiger partial charge in [0.2, 0.25) is 0 Å². The van der Waals surface area contributed by atoms with Crippen molar-refractivity contribution in [3.05, 3.63) is 58.9 Å². The molecule has 0 atom stereocenters. The van der Waals surface area contributed by atoms with Gasteiger partial charge < -0.3 is 14.5 Å². The molecule has 10 heteroatoms. The van der Waals surface area contributed by atoms with Gasteiger partial charge in [-0.25, -0.2) is 8.42 Å². The van der Waals surface area contributed by atoms with Crippen LogP contribution in [0.5, 0.6) is 0 Å². The number of hydrogen-bond donors (Lipinski definition) is 2. The quantitative estimate of drug-likeness (QED) is 0.672. The summed E-state index contributed by atoms with van der Waals surface area (Å²) in [6.07, 6.45) is 9.72. The maximum atomic E-state index is 13.3. The largest absolute Gasteiger partial charge is 0.378 e. The number of amides is 1. The van der Waals surface area contributed by atoms with Crippen molar-refractivity contribution in [1.29, 1.82) is 0 Å². The Morgan fingerprint density at radius 2 is 1.97 bits per heavy atom. The summed E-state index contributed by atoms with van der Waals surface area (Å²) in [7, 11) is -0.166. The Morgan fingerprint density at radius 3 is 2.70 bits per heavy atom. The second-order valence-electron chi connectivity index (χ2n) is 7.52. The van der Waals surface area contributed by atoms with Gasteiger partial charge in [-0.3, -0.25) is 13.8 Å². The molecule has 1 fully saturated rings. The van der Waals surface area contributed by atoms with Crippen LogP contribution in [0.1, 0.15) is 29.6 Å². The highest BCUT2D eigenvalue weighted by Crippen LogP contribution is 2.35. The number of likely N-dealkylation sites (tertiary alicyclic amines) is 1. The molecule has 3 heterocycles. The first-order valence-corrected chi connectivity index (χ1v) is 12.1. The van der Waals surface area contributed by atoms with Crippen LogP contribution < -0.4 is 14.3 Å². The molecule has 4 rings (SSSR count). The highest BCUT2D eigenvalue weighted by Gasteiger charge is 2.31. The molecule has 2 N–H and O–H groups in total. The average molecular weight is 448 g/mol. The number of piperidine rings is 1. The SMILES string of the molecule is CN(C)c1ccc(C(=O)N2CCCCC2)c(NS(=O)(=O)C2=CC=CN3SNC=C23)c1. The second-order valence-corrected chi connectivity index (χ2v) is 9.98. The second kappa shape index (κ2) is 8.27. The lowest BCUT2D eigenvalue weighted by molar-refractivity contribution is 0.0725. The van der Waals surface area contributed by atoms with Gasteiger partial charge in [-0.05, 0) is 49.6 Å². The van der Waals surface area contributed by atoms with Gasteiger partial charge in [0.25, 0.3) is 15.9 Å². The normalized spacial score (nSPS) is 18.3. The Balaban J connectivity index is 1.69. The van der Waals surface area contributed by atoms with Gasteiger partial charge in [0.1, 0.15) is 4.91 Å². The first-order chi connectivity index (χ1) is 14.4. The van der Waals surface area contributed by atoms with E-state index in [1.54, 1.807) is 45.9 Å². The standard InChI is InChI=1S/C20H25N5O3S2/c1-23(2)15-8-9-16(20(26)24-10-4-3-5-11-24)17(13-15)22-30(27,28)19-7-6-12-25-18(19)14-21-29-25/h6-9,12-14,21-22H,3-5,10-11H2,1-2H3. The molecule has 3 aliphatic heterocycles. The molecule has 0 bridgehead atoms. The molecule has 8 nitrogen and oxygen atoms in total. The summed E-state index contributed by atoms with van der Waals surface area (Å²) in [6, 6.07) is 5.25. The third-order valence-electron chi connectivity index (χ3n) is 5.23. The van der Waals surface area contributed by atoms with E-state index in [0.717, 1.165) is 24.9 Å². The lowest BCUT2D eigenvalue weighted by Gasteiger charge is -2.28. The molecule has 1 aromatic rings. The van der Waals surface area contributed by atoms with Crippen molar-refractivity contribution in [2.45, 2.75) is 19.3 Å². The molecule has 1 saturated heterocycles. The molecule has 0 unspecified atom stereocenters. The van der Waals surface area contributed by atoms with Crippen molar-refractivity contribution in [3.8, 4) is 0 Å². The van der Waals surface area contributed by atoms with E-state index in [9.17, 15) is 13.2 Å². The summed E-state index contributed by atoms with van der Waals surface area (Å²) in [5.74, 6) is -0.144. The van der Waals surface area contributed by atoms with Gasteiger partial charge in [0.05, 0.1) is 29.1 Å². The maximum absolute atomic E-state index is 13.3. The Morgan fingerprint density at radius 1 is 1.20 bits per heavy atom. The monoisotopic (exact) mass is 447 g/mol. The van der Waals surface area contributed by atoms with E-state index in [1.165, 1.54) is 12.1 Å². The first kappa shape index (κ1) is 20.7. The lowest BCUT2D eigenvalue weighted by atomic mass is 10.1. The van der Waals surface area contributed by atoms with Gasteiger partial charge in [-0.1, -0.05) is 0 Å². The number of carbonyl (C=O) groups is 1. The molecular weight excluding hydrogens is 422 g/mol. The summed E-state index contributed by atoms with van der Waals surface area (Å²) in [4.78, 5) is 17.0. The Hall–Kier alpha value is -2.59. The van der Waals surface area contributed by atoms with Crippen LogP contribution in [0.15, 0.2) is 53.4 Å². The number of fused-ring (bicyclic) bond motifs is 1. The smallest absolute Gasteiger partial charge is 0.264 e. The van der Waals surface area contributed by atoms with Gasteiger partial charge >= 0.3 is 0 Å². The van der Waals surface area contributed by atoms with Gasteiger partial charge in [0.15, 0.2) is 0 Å².